The van der Waals surface area contributed by atoms with Crippen molar-refractivity contribution in [2.75, 3.05) is 33.2 Å². The van der Waals surface area contributed by atoms with Crippen LogP contribution in [0.2, 0.25) is 0 Å². The maximum atomic E-state index is 12.6. The Morgan fingerprint density at radius 2 is 1.79 bits per heavy atom. The molecule has 1 saturated heterocycles. The first kappa shape index (κ1) is 26.0. The third-order valence-corrected chi connectivity index (χ3v) is 6.56. The molecular formula is C18H28F3IN4O2S. The summed E-state index contributed by atoms with van der Waals surface area (Å²) in [7, 11) is -3.57. The average Bonchev–Trinajstić information content (AvgIpc) is 2.68. The number of alkyl halides is 3. The lowest BCUT2D eigenvalue weighted by molar-refractivity contribution is -0.0496. The van der Waals surface area contributed by atoms with Crippen molar-refractivity contribution in [3.8, 4) is 0 Å². The van der Waals surface area contributed by atoms with Gasteiger partial charge in [-0.15, -0.1) is 24.0 Å². The fourth-order valence-corrected chi connectivity index (χ4v) is 4.10. The number of nitrogens with zero attached hydrogens (tertiary/aromatic N) is 2. The number of benzene rings is 1. The highest BCUT2D eigenvalue weighted by Crippen LogP contribution is 2.30. The number of nitrogens with one attached hydrogen (secondary N) is 2. The maximum Gasteiger partial charge on any atom is 0.511 e. The topological polar surface area (TPSA) is 73.8 Å². The Morgan fingerprint density at radius 3 is 2.31 bits per heavy atom. The van der Waals surface area contributed by atoms with Crippen LogP contribution >= 0.6 is 24.0 Å². The third kappa shape index (κ3) is 7.28. The normalized spacial score (nSPS) is 18.0. The molecule has 0 bridgehead atoms. The first-order valence-electron chi connectivity index (χ1n) is 9.21. The van der Waals surface area contributed by atoms with E-state index in [2.05, 4.69) is 34.7 Å². The molecule has 29 heavy (non-hydrogen) atoms. The van der Waals surface area contributed by atoms with Crippen molar-refractivity contribution in [1.29, 1.82) is 0 Å². The predicted octanol–water partition coefficient (Wildman–Crippen LogP) is 3.13. The number of sulfonamides is 1. The Bertz CT molecular complexity index is 752. The number of halogens is 4. The van der Waals surface area contributed by atoms with E-state index >= 15 is 0 Å². The summed E-state index contributed by atoms with van der Waals surface area (Å²) in [5, 5.41) is 6.42. The minimum Gasteiger partial charge on any atom is -0.356 e. The second-order valence-corrected chi connectivity index (χ2v) is 8.87. The third-order valence-electron chi connectivity index (χ3n) is 4.93. The maximum absolute atomic E-state index is 12.6. The molecule has 1 unspecified atom stereocenters. The Balaban J connectivity index is 0.00000420. The van der Waals surface area contributed by atoms with E-state index in [0.717, 1.165) is 0 Å². The van der Waals surface area contributed by atoms with Gasteiger partial charge in [-0.25, -0.2) is 8.42 Å². The first-order chi connectivity index (χ1) is 13.1. The summed E-state index contributed by atoms with van der Waals surface area (Å²) in [5.74, 6) is 0.994. The number of hydrogen-bond donors (Lipinski definition) is 2. The Morgan fingerprint density at radius 1 is 1.21 bits per heavy atom. The van der Waals surface area contributed by atoms with Gasteiger partial charge in [0.1, 0.15) is 0 Å². The van der Waals surface area contributed by atoms with E-state index in [1.807, 2.05) is 18.2 Å². The fourth-order valence-electron chi connectivity index (χ4n) is 3.11. The van der Waals surface area contributed by atoms with Crippen LogP contribution in [0.25, 0.3) is 0 Å². The van der Waals surface area contributed by atoms with Crippen molar-refractivity contribution in [2.45, 2.75) is 31.2 Å². The second kappa shape index (κ2) is 11.3. The number of piperidine rings is 1. The molecule has 0 amide bonds. The highest BCUT2D eigenvalue weighted by molar-refractivity contribution is 14.0. The molecule has 2 N–H and O–H groups in total. The van der Waals surface area contributed by atoms with Crippen LogP contribution in [0.1, 0.15) is 31.2 Å². The lowest BCUT2D eigenvalue weighted by atomic mass is 9.98. The fraction of sp³-hybridized carbons (Fsp3) is 0.611. The molecule has 0 saturated carbocycles. The van der Waals surface area contributed by atoms with Crippen molar-refractivity contribution >= 4 is 40.0 Å². The number of rotatable bonds is 6. The molecule has 2 rings (SSSR count). The van der Waals surface area contributed by atoms with Crippen molar-refractivity contribution in [3.63, 3.8) is 0 Å². The van der Waals surface area contributed by atoms with Gasteiger partial charge in [0, 0.05) is 33.2 Å². The predicted molar refractivity (Wildman–Crippen MR) is 119 cm³/mol. The summed E-state index contributed by atoms with van der Waals surface area (Å²) in [5.41, 5.74) is -4.02. The minimum absolute atomic E-state index is 0. The number of aliphatic imine (C=N–C) groups is 1. The Labute approximate surface area is 187 Å². The smallest absolute Gasteiger partial charge is 0.356 e. The van der Waals surface area contributed by atoms with E-state index in [4.69, 9.17) is 0 Å². The van der Waals surface area contributed by atoms with Gasteiger partial charge in [0.05, 0.1) is 0 Å². The van der Waals surface area contributed by atoms with Crippen molar-refractivity contribution < 1.29 is 21.6 Å². The summed E-state index contributed by atoms with van der Waals surface area (Å²) >= 11 is 0. The molecular weight excluding hydrogens is 520 g/mol. The molecule has 1 aliphatic rings. The highest BCUT2D eigenvalue weighted by atomic mass is 127. The van der Waals surface area contributed by atoms with Gasteiger partial charge >= 0.3 is 15.5 Å². The van der Waals surface area contributed by atoms with Crippen LogP contribution in [-0.4, -0.2) is 57.4 Å². The van der Waals surface area contributed by atoms with Crippen LogP contribution in [0.15, 0.2) is 35.3 Å². The van der Waals surface area contributed by atoms with Gasteiger partial charge in [0.2, 0.25) is 0 Å². The summed E-state index contributed by atoms with van der Waals surface area (Å²) in [6, 6.07) is 10.1. The zero-order chi connectivity index (χ0) is 20.8. The van der Waals surface area contributed by atoms with Crippen LogP contribution in [0, 0.1) is 5.92 Å². The van der Waals surface area contributed by atoms with Crippen molar-refractivity contribution in [1.82, 2.24) is 14.9 Å². The monoisotopic (exact) mass is 548 g/mol. The van der Waals surface area contributed by atoms with Gasteiger partial charge in [-0.3, -0.25) is 4.99 Å². The molecule has 1 aromatic rings. The lowest BCUT2D eigenvalue weighted by Gasteiger charge is -2.31. The zero-order valence-corrected chi connectivity index (χ0v) is 19.6. The van der Waals surface area contributed by atoms with E-state index in [-0.39, 0.29) is 48.9 Å². The summed E-state index contributed by atoms with van der Waals surface area (Å²) in [6.45, 7) is 3.08. The molecule has 6 nitrogen and oxygen atoms in total. The zero-order valence-electron chi connectivity index (χ0n) is 16.4. The Kier molecular flexibility index (Phi) is 10.2. The number of guanidine groups is 1. The van der Waals surface area contributed by atoms with Crippen molar-refractivity contribution in [2.24, 2.45) is 10.9 Å². The molecule has 1 heterocycles. The Hall–Kier alpha value is -1.08. The molecule has 0 aliphatic carbocycles. The van der Waals surface area contributed by atoms with Crippen molar-refractivity contribution in [3.05, 3.63) is 35.9 Å². The number of hydrogen-bond acceptors (Lipinski definition) is 3. The first-order valence-corrected chi connectivity index (χ1v) is 10.6. The van der Waals surface area contributed by atoms with Crippen LogP contribution < -0.4 is 10.6 Å². The van der Waals surface area contributed by atoms with Gasteiger partial charge in [-0.05, 0) is 30.2 Å². The standard InChI is InChI=1S/C18H27F3N4O2S.HI/c1-14(16-6-4-3-5-7-16)12-23-17(22-2)24-13-15-8-10-25(11-9-15)28(26,27)18(19,20)21;/h3-7,14-15H,8-13H2,1-2H3,(H2,22,23,24);1H. The highest BCUT2D eigenvalue weighted by Gasteiger charge is 2.50. The van der Waals surface area contributed by atoms with E-state index in [1.165, 1.54) is 5.56 Å². The molecule has 1 fully saturated rings. The summed E-state index contributed by atoms with van der Waals surface area (Å²) in [6.07, 6.45) is 0.749. The lowest BCUT2D eigenvalue weighted by Crippen LogP contribution is -2.47. The van der Waals surface area contributed by atoms with Crippen LogP contribution in [0.3, 0.4) is 0 Å². The molecule has 166 valence electrons. The van der Waals surface area contributed by atoms with Crippen LogP contribution in [0.4, 0.5) is 13.2 Å². The largest absolute Gasteiger partial charge is 0.511 e. The van der Waals surface area contributed by atoms with E-state index in [9.17, 15) is 21.6 Å². The molecule has 11 heteroatoms. The van der Waals surface area contributed by atoms with E-state index in [1.54, 1.807) is 7.05 Å². The van der Waals surface area contributed by atoms with E-state index in [0.29, 0.717) is 36.2 Å². The van der Waals surface area contributed by atoms with E-state index < -0.39 is 15.5 Å². The molecule has 0 radical (unpaired) electrons. The molecule has 1 atom stereocenters. The molecule has 0 aromatic heterocycles. The minimum atomic E-state index is -5.24. The van der Waals surface area contributed by atoms with Crippen LogP contribution in [-0.2, 0) is 10.0 Å². The molecule has 0 spiro atoms. The van der Waals surface area contributed by atoms with Gasteiger partial charge in [0.15, 0.2) is 5.96 Å². The average molecular weight is 548 g/mol. The molecule has 1 aromatic carbocycles. The van der Waals surface area contributed by atoms with Gasteiger partial charge in [-0.1, -0.05) is 37.3 Å². The molecule has 1 aliphatic heterocycles. The summed E-state index contributed by atoms with van der Waals surface area (Å²) in [4.78, 5) is 4.16. The summed E-state index contributed by atoms with van der Waals surface area (Å²) < 4.78 is 61.3. The SMILES string of the molecule is CN=C(NCC1CCN(S(=O)(=O)C(F)(F)F)CC1)NCC(C)c1ccccc1.I. The quantitative estimate of drug-likeness (QED) is 0.326. The second-order valence-electron chi connectivity index (χ2n) is 6.94. The van der Waals surface area contributed by atoms with Crippen LogP contribution in [0.5, 0.6) is 0 Å². The van der Waals surface area contributed by atoms with Gasteiger partial charge in [0.25, 0.3) is 0 Å². The van der Waals surface area contributed by atoms with Gasteiger partial charge < -0.3 is 10.6 Å². The van der Waals surface area contributed by atoms with Gasteiger partial charge in [-0.2, -0.15) is 17.5 Å².